The molecule has 0 aliphatic heterocycles. The van der Waals surface area contributed by atoms with Gasteiger partial charge in [-0.3, -0.25) is 4.79 Å². The summed E-state index contributed by atoms with van der Waals surface area (Å²) in [5, 5.41) is 2.87. The quantitative estimate of drug-likeness (QED) is 0.881. The molecule has 4 nitrogen and oxygen atoms in total. The van der Waals surface area contributed by atoms with E-state index in [-0.39, 0.29) is 5.91 Å². The molecule has 0 heterocycles. The van der Waals surface area contributed by atoms with Crippen LogP contribution in [0.1, 0.15) is 23.6 Å². The van der Waals surface area contributed by atoms with Gasteiger partial charge in [0.15, 0.2) is 6.10 Å². The summed E-state index contributed by atoms with van der Waals surface area (Å²) in [6.07, 6.45) is -0.580. The molecule has 0 bridgehead atoms. The molecular weight excluding hydrogens is 290 g/mol. The number of methoxy groups -OCH3 is 1. The fourth-order valence-corrected chi connectivity index (χ4v) is 2.19. The zero-order valence-corrected chi connectivity index (χ0v) is 14.1. The maximum atomic E-state index is 12.3. The molecule has 0 aliphatic rings. The lowest BCUT2D eigenvalue weighted by Gasteiger charge is -2.16. The summed E-state index contributed by atoms with van der Waals surface area (Å²) in [6, 6.07) is 13.4. The summed E-state index contributed by atoms with van der Waals surface area (Å²) in [5.41, 5.74) is 4.08. The van der Waals surface area contributed by atoms with Crippen molar-refractivity contribution >= 4 is 11.6 Å². The second kappa shape index (κ2) is 7.79. The molecule has 0 spiro atoms. The Morgan fingerprint density at radius 2 is 1.91 bits per heavy atom. The van der Waals surface area contributed by atoms with Gasteiger partial charge in [0.1, 0.15) is 5.75 Å². The van der Waals surface area contributed by atoms with Gasteiger partial charge in [-0.2, -0.15) is 0 Å². The molecule has 1 atom stereocenters. The van der Waals surface area contributed by atoms with Crippen molar-refractivity contribution in [2.24, 2.45) is 0 Å². The van der Waals surface area contributed by atoms with Crippen molar-refractivity contribution in [3.05, 3.63) is 59.2 Å². The minimum atomic E-state index is -0.580. The van der Waals surface area contributed by atoms with E-state index in [0.717, 1.165) is 16.8 Å². The molecule has 1 N–H and O–H groups in total. The van der Waals surface area contributed by atoms with Gasteiger partial charge in [0.05, 0.1) is 6.61 Å². The molecule has 2 aromatic carbocycles. The first-order chi connectivity index (χ1) is 11.0. The number of rotatable bonds is 6. The van der Waals surface area contributed by atoms with E-state index in [1.165, 1.54) is 5.56 Å². The van der Waals surface area contributed by atoms with Gasteiger partial charge < -0.3 is 14.8 Å². The first kappa shape index (κ1) is 17.0. The number of hydrogen-bond donors (Lipinski definition) is 1. The smallest absolute Gasteiger partial charge is 0.265 e. The number of carbonyl (C=O) groups is 1. The number of hydrogen-bond acceptors (Lipinski definition) is 3. The standard InChI is InChI=1S/C19H23NO3/c1-13-8-9-18(10-14(13)2)23-15(3)19(21)20-17-7-5-6-16(11-17)12-22-4/h5-11,15H,12H2,1-4H3,(H,20,21)/t15-/m0/s1. The van der Waals surface area contributed by atoms with Gasteiger partial charge in [-0.1, -0.05) is 18.2 Å². The predicted molar refractivity (Wildman–Crippen MR) is 91.8 cm³/mol. The van der Waals surface area contributed by atoms with Crippen LogP contribution in [0.15, 0.2) is 42.5 Å². The maximum Gasteiger partial charge on any atom is 0.265 e. The third-order valence-electron chi connectivity index (χ3n) is 3.67. The van der Waals surface area contributed by atoms with E-state index in [2.05, 4.69) is 5.32 Å². The molecule has 2 aromatic rings. The average molecular weight is 313 g/mol. The number of anilines is 1. The van der Waals surface area contributed by atoms with Crippen LogP contribution in [0.25, 0.3) is 0 Å². The molecule has 0 unspecified atom stereocenters. The number of nitrogens with one attached hydrogen (secondary N) is 1. The lowest BCUT2D eigenvalue weighted by Crippen LogP contribution is -2.30. The summed E-state index contributed by atoms with van der Waals surface area (Å²) < 4.78 is 10.8. The molecule has 0 aliphatic carbocycles. The van der Waals surface area contributed by atoms with Gasteiger partial charge in [-0.05, 0) is 61.7 Å². The SMILES string of the molecule is COCc1cccc(NC(=O)[C@H](C)Oc2ccc(C)c(C)c2)c1. The van der Waals surface area contributed by atoms with E-state index in [1.54, 1.807) is 14.0 Å². The van der Waals surface area contributed by atoms with Gasteiger partial charge in [0, 0.05) is 12.8 Å². The molecule has 122 valence electrons. The highest BCUT2D eigenvalue weighted by Crippen LogP contribution is 2.18. The zero-order chi connectivity index (χ0) is 16.8. The highest BCUT2D eigenvalue weighted by atomic mass is 16.5. The van der Waals surface area contributed by atoms with Gasteiger partial charge in [-0.15, -0.1) is 0 Å². The molecule has 0 radical (unpaired) electrons. The number of amides is 1. The summed E-state index contributed by atoms with van der Waals surface area (Å²) in [4.78, 5) is 12.3. The van der Waals surface area contributed by atoms with Crippen molar-refractivity contribution in [1.29, 1.82) is 0 Å². The molecule has 0 saturated carbocycles. The van der Waals surface area contributed by atoms with E-state index >= 15 is 0 Å². The molecule has 0 fully saturated rings. The fraction of sp³-hybridized carbons (Fsp3) is 0.316. The van der Waals surface area contributed by atoms with Crippen molar-refractivity contribution in [3.8, 4) is 5.75 Å². The van der Waals surface area contributed by atoms with E-state index in [4.69, 9.17) is 9.47 Å². The monoisotopic (exact) mass is 313 g/mol. The Balaban J connectivity index is 1.99. The third-order valence-corrected chi connectivity index (χ3v) is 3.67. The highest BCUT2D eigenvalue weighted by Gasteiger charge is 2.15. The van der Waals surface area contributed by atoms with Crippen LogP contribution in [0.5, 0.6) is 5.75 Å². The Bertz CT molecular complexity index is 682. The van der Waals surface area contributed by atoms with Crippen molar-refractivity contribution in [1.82, 2.24) is 0 Å². The van der Waals surface area contributed by atoms with Crippen molar-refractivity contribution in [3.63, 3.8) is 0 Å². The Kier molecular flexibility index (Phi) is 5.77. The van der Waals surface area contributed by atoms with Crippen LogP contribution >= 0.6 is 0 Å². The second-order valence-corrected chi connectivity index (χ2v) is 5.63. The molecule has 4 heteroatoms. The number of ether oxygens (including phenoxy) is 2. The molecule has 0 saturated heterocycles. The van der Waals surface area contributed by atoms with Crippen molar-refractivity contribution in [2.75, 3.05) is 12.4 Å². The molecular formula is C19H23NO3. The first-order valence-corrected chi connectivity index (χ1v) is 7.62. The maximum absolute atomic E-state index is 12.3. The summed E-state index contributed by atoms with van der Waals surface area (Å²) >= 11 is 0. The lowest BCUT2D eigenvalue weighted by molar-refractivity contribution is -0.122. The Hall–Kier alpha value is -2.33. The first-order valence-electron chi connectivity index (χ1n) is 7.62. The molecule has 0 aromatic heterocycles. The predicted octanol–water partition coefficient (Wildman–Crippen LogP) is 3.86. The summed E-state index contributed by atoms with van der Waals surface area (Å²) in [7, 11) is 1.64. The minimum Gasteiger partial charge on any atom is -0.481 e. The molecule has 2 rings (SSSR count). The van der Waals surface area contributed by atoms with Gasteiger partial charge in [0.2, 0.25) is 0 Å². The highest BCUT2D eigenvalue weighted by molar-refractivity contribution is 5.94. The molecule has 23 heavy (non-hydrogen) atoms. The van der Waals surface area contributed by atoms with Crippen LogP contribution in [-0.2, 0) is 16.1 Å². The van der Waals surface area contributed by atoms with E-state index < -0.39 is 6.10 Å². The van der Waals surface area contributed by atoms with Gasteiger partial charge >= 0.3 is 0 Å². The van der Waals surface area contributed by atoms with Crippen LogP contribution < -0.4 is 10.1 Å². The molecule has 1 amide bonds. The number of carbonyl (C=O) groups excluding carboxylic acids is 1. The van der Waals surface area contributed by atoms with E-state index in [9.17, 15) is 4.79 Å². The summed E-state index contributed by atoms with van der Waals surface area (Å²) in [5.74, 6) is 0.515. The van der Waals surface area contributed by atoms with Crippen LogP contribution in [0, 0.1) is 13.8 Å². The van der Waals surface area contributed by atoms with Crippen molar-refractivity contribution < 1.29 is 14.3 Å². The summed E-state index contributed by atoms with van der Waals surface area (Å²) in [6.45, 7) is 6.32. The topological polar surface area (TPSA) is 47.6 Å². The average Bonchev–Trinajstić information content (AvgIpc) is 2.51. The Morgan fingerprint density at radius 1 is 1.13 bits per heavy atom. The fourth-order valence-electron chi connectivity index (χ4n) is 2.19. The number of benzene rings is 2. The van der Waals surface area contributed by atoms with Gasteiger partial charge in [0.25, 0.3) is 5.91 Å². The zero-order valence-electron chi connectivity index (χ0n) is 14.1. The van der Waals surface area contributed by atoms with Crippen LogP contribution in [0.4, 0.5) is 5.69 Å². The van der Waals surface area contributed by atoms with E-state index in [0.29, 0.717) is 12.4 Å². The normalized spacial score (nSPS) is 11.8. The largest absolute Gasteiger partial charge is 0.481 e. The van der Waals surface area contributed by atoms with Crippen LogP contribution in [0.3, 0.4) is 0 Å². The third kappa shape index (κ3) is 4.83. The minimum absolute atomic E-state index is 0.183. The number of aryl methyl sites for hydroxylation is 2. The van der Waals surface area contributed by atoms with Crippen molar-refractivity contribution in [2.45, 2.75) is 33.5 Å². The van der Waals surface area contributed by atoms with Gasteiger partial charge in [-0.25, -0.2) is 0 Å². The second-order valence-electron chi connectivity index (χ2n) is 5.63. The van der Waals surface area contributed by atoms with Crippen LogP contribution in [-0.4, -0.2) is 19.1 Å². The van der Waals surface area contributed by atoms with Crippen LogP contribution in [0.2, 0.25) is 0 Å². The Morgan fingerprint density at radius 3 is 2.61 bits per heavy atom. The van der Waals surface area contributed by atoms with E-state index in [1.807, 2.05) is 56.3 Å². The lowest BCUT2D eigenvalue weighted by atomic mass is 10.1. The Labute approximate surface area is 137 Å².